The molecule has 0 saturated carbocycles. The number of nitrogens with zero attached hydrogens (tertiary/aromatic N) is 2. The van der Waals surface area contributed by atoms with Crippen LogP contribution in [0.25, 0.3) is 0 Å². The first kappa shape index (κ1) is 22.4. The van der Waals surface area contributed by atoms with Gasteiger partial charge in [-0.3, -0.25) is 14.6 Å². The van der Waals surface area contributed by atoms with Crippen LogP contribution in [0.2, 0.25) is 0 Å². The van der Waals surface area contributed by atoms with E-state index < -0.39 is 34.8 Å². The molecule has 0 spiro atoms. The summed E-state index contributed by atoms with van der Waals surface area (Å²) in [5.74, 6) is -2.08. The Labute approximate surface area is 174 Å². The third-order valence-electron chi connectivity index (χ3n) is 4.79. The number of hydrogen-bond acceptors (Lipinski definition) is 4. The quantitative estimate of drug-likeness (QED) is 0.454. The number of aliphatic hydroxyl groups is 1. The van der Waals surface area contributed by atoms with Crippen molar-refractivity contribution < 1.29 is 27.5 Å². The normalized spacial score (nSPS) is 12.5. The molecule has 0 saturated heterocycles. The van der Waals surface area contributed by atoms with Gasteiger partial charge in [0.05, 0.1) is 17.9 Å². The molecule has 0 fully saturated rings. The molecule has 0 amide bonds. The zero-order valence-corrected chi connectivity index (χ0v) is 16.1. The van der Waals surface area contributed by atoms with Gasteiger partial charge >= 0.3 is 6.18 Å². The number of hydrogen-bond donors (Lipinski definition) is 1. The predicted molar refractivity (Wildman–Crippen MR) is 104 cm³/mol. The van der Waals surface area contributed by atoms with Gasteiger partial charge in [-0.15, -0.1) is 0 Å². The highest BCUT2D eigenvalue weighted by atomic mass is 19.4. The molecule has 0 aliphatic rings. The van der Waals surface area contributed by atoms with E-state index >= 15 is 0 Å². The minimum Gasteiger partial charge on any atom is -0.395 e. The van der Waals surface area contributed by atoms with Crippen LogP contribution in [0.1, 0.15) is 39.5 Å². The van der Waals surface area contributed by atoms with Crippen LogP contribution in [-0.4, -0.2) is 27.0 Å². The van der Waals surface area contributed by atoms with Crippen LogP contribution >= 0.6 is 0 Å². The summed E-state index contributed by atoms with van der Waals surface area (Å²) in [5.41, 5.74) is -0.886. The lowest BCUT2D eigenvalue weighted by Crippen LogP contribution is -2.22. The summed E-state index contributed by atoms with van der Waals surface area (Å²) in [5, 5.41) is 9.05. The third-order valence-corrected chi connectivity index (χ3v) is 4.79. The highest BCUT2D eigenvalue weighted by Crippen LogP contribution is 2.33. The van der Waals surface area contributed by atoms with Gasteiger partial charge in [0.1, 0.15) is 5.82 Å². The number of Topliss-reactive ketones (excluding diaryl/α,β-unsaturated/α-hetero) is 1. The zero-order chi connectivity index (χ0) is 22.6. The fourth-order valence-electron chi connectivity index (χ4n) is 3.21. The van der Waals surface area contributed by atoms with Gasteiger partial charge < -0.3 is 9.67 Å². The van der Waals surface area contributed by atoms with Crippen molar-refractivity contribution in [2.45, 2.75) is 25.1 Å². The van der Waals surface area contributed by atoms with Gasteiger partial charge in [-0.05, 0) is 35.9 Å². The van der Waals surface area contributed by atoms with Crippen molar-refractivity contribution in [1.29, 1.82) is 0 Å². The smallest absolute Gasteiger partial charge is 0.395 e. The summed E-state index contributed by atoms with van der Waals surface area (Å²) in [6.07, 6.45) is -2.18. The Bertz CT molecular complexity index is 1120. The van der Waals surface area contributed by atoms with Gasteiger partial charge in [0.25, 0.3) is 5.56 Å². The SMILES string of the molecule is O=C(C[C@@H](c1ccc(C(F)(F)F)cc1)c1ncccc1F)c1ccc(=O)n(CCO)c1. The van der Waals surface area contributed by atoms with E-state index in [2.05, 4.69) is 4.98 Å². The molecule has 0 unspecified atom stereocenters. The first-order chi connectivity index (χ1) is 14.7. The Balaban J connectivity index is 1.98. The van der Waals surface area contributed by atoms with Crippen LogP contribution in [0.15, 0.2) is 65.7 Å². The summed E-state index contributed by atoms with van der Waals surface area (Å²) in [6, 6.07) is 9.16. The fourth-order valence-corrected chi connectivity index (χ4v) is 3.21. The number of pyridine rings is 2. The van der Waals surface area contributed by atoms with Gasteiger partial charge in [-0.1, -0.05) is 12.1 Å². The molecule has 0 radical (unpaired) electrons. The molecule has 162 valence electrons. The summed E-state index contributed by atoms with van der Waals surface area (Å²) >= 11 is 0. The molecule has 2 heterocycles. The largest absolute Gasteiger partial charge is 0.416 e. The molecule has 1 N–H and O–H groups in total. The number of benzene rings is 1. The Kier molecular flexibility index (Phi) is 6.65. The number of ketones is 1. The lowest BCUT2D eigenvalue weighted by molar-refractivity contribution is -0.137. The first-order valence-corrected chi connectivity index (χ1v) is 9.33. The van der Waals surface area contributed by atoms with Crippen molar-refractivity contribution >= 4 is 5.78 Å². The summed E-state index contributed by atoms with van der Waals surface area (Å²) in [6.45, 7) is -0.304. The van der Waals surface area contributed by atoms with Gasteiger partial charge in [0.15, 0.2) is 5.78 Å². The maximum atomic E-state index is 14.4. The van der Waals surface area contributed by atoms with Crippen LogP contribution in [0, 0.1) is 5.82 Å². The zero-order valence-electron chi connectivity index (χ0n) is 16.1. The molecule has 31 heavy (non-hydrogen) atoms. The number of carbonyl (C=O) groups excluding carboxylic acids is 1. The van der Waals surface area contributed by atoms with E-state index in [4.69, 9.17) is 5.11 Å². The Morgan fingerprint density at radius 2 is 1.81 bits per heavy atom. The van der Waals surface area contributed by atoms with Crippen LogP contribution in [0.5, 0.6) is 0 Å². The monoisotopic (exact) mass is 434 g/mol. The molecule has 1 aromatic carbocycles. The second-order valence-electron chi connectivity index (χ2n) is 6.84. The molecule has 0 aliphatic heterocycles. The number of aromatic nitrogens is 2. The van der Waals surface area contributed by atoms with Crippen molar-refractivity contribution in [1.82, 2.24) is 9.55 Å². The minimum atomic E-state index is -4.53. The van der Waals surface area contributed by atoms with Gasteiger partial charge in [-0.25, -0.2) is 4.39 Å². The Hall–Kier alpha value is -3.33. The molecular weight excluding hydrogens is 416 g/mol. The Morgan fingerprint density at radius 1 is 1.10 bits per heavy atom. The Morgan fingerprint density at radius 3 is 2.42 bits per heavy atom. The van der Waals surface area contributed by atoms with Crippen LogP contribution < -0.4 is 5.56 Å². The maximum Gasteiger partial charge on any atom is 0.416 e. The van der Waals surface area contributed by atoms with Crippen LogP contribution in [0.3, 0.4) is 0 Å². The average Bonchev–Trinajstić information content (AvgIpc) is 2.74. The number of alkyl halides is 3. The van der Waals surface area contributed by atoms with Crippen molar-refractivity contribution in [3.63, 3.8) is 0 Å². The second kappa shape index (κ2) is 9.22. The second-order valence-corrected chi connectivity index (χ2v) is 6.84. The van der Waals surface area contributed by atoms with Crippen molar-refractivity contribution in [3.05, 3.63) is 99.5 Å². The van der Waals surface area contributed by atoms with E-state index in [1.54, 1.807) is 0 Å². The van der Waals surface area contributed by atoms with Crippen molar-refractivity contribution in [2.24, 2.45) is 0 Å². The van der Waals surface area contributed by atoms with E-state index in [0.717, 1.165) is 18.2 Å². The molecule has 0 aliphatic carbocycles. The number of aliphatic hydroxyl groups excluding tert-OH is 1. The lowest BCUT2D eigenvalue weighted by atomic mass is 9.88. The molecule has 3 aromatic rings. The minimum absolute atomic E-state index is 0.00282. The summed E-state index contributed by atoms with van der Waals surface area (Å²) in [7, 11) is 0. The topological polar surface area (TPSA) is 72.2 Å². The average molecular weight is 434 g/mol. The van der Waals surface area contributed by atoms with E-state index in [-0.39, 0.29) is 30.8 Å². The fraction of sp³-hybridized carbons (Fsp3) is 0.227. The molecule has 9 heteroatoms. The van der Waals surface area contributed by atoms with E-state index in [1.807, 2.05) is 0 Å². The summed E-state index contributed by atoms with van der Waals surface area (Å²) < 4.78 is 54.3. The van der Waals surface area contributed by atoms with Crippen molar-refractivity contribution in [3.8, 4) is 0 Å². The molecule has 3 rings (SSSR count). The van der Waals surface area contributed by atoms with Crippen LogP contribution in [-0.2, 0) is 12.7 Å². The highest BCUT2D eigenvalue weighted by molar-refractivity contribution is 5.96. The first-order valence-electron chi connectivity index (χ1n) is 9.33. The van der Waals surface area contributed by atoms with Gasteiger partial charge in [0.2, 0.25) is 0 Å². The molecule has 1 atom stereocenters. The molecular formula is C22H18F4N2O3. The number of rotatable bonds is 7. The van der Waals surface area contributed by atoms with Gasteiger partial charge in [0, 0.05) is 42.9 Å². The van der Waals surface area contributed by atoms with Crippen LogP contribution in [0.4, 0.5) is 17.6 Å². The number of carbonyl (C=O) groups is 1. The lowest BCUT2D eigenvalue weighted by Gasteiger charge is -2.18. The molecule has 0 bridgehead atoms. The standard InChI is InChI=1S/C22H18F4N2O3/c23-18-2-1-9-27-21(18)17(14-3-6-16(7-4-14)22(24,25)26)12-19(30)15-5-8-20(31)28(13-15)10-11-29/h1-9,13,17,29H,10-12H2/t17-/m0/s1. The van der Waals surface area contributed by atoms with E-state index in [1.165, 1.54) is 47.3 Å². The van der Waals surface area contributed by atoms with E-state index in [9.17, 15) is 27.2 Å². The molecule has 2 aromatic heterocycles. The highest BCUT2D eigenvalue weighted by Gasteiger charge is 2.31. The molecule has 5 nitrogen and oxygen atoms in total. The van der Waals surface area contributed by atoms with Crippen molar-refractivity contribution in [2.75, 3.05) is 6.61 Å². The maximum absolute atomic E-state index is 14.4. The number of halogens is 4. The third kappa shape index (κ3) is 5.24. The van der Waals surface area contributed by atoms with E-state index in [0.29, 0.717) is 5.56 Å². The summed E-state index contributed by atoms with van der Waals surface area (Å²) in [4.78, 5) is 28.7. The van der Waals surface area contributed by atoms with Gasteiger partial charge in [-0.2, -0.15) is 13.2 Å². The predicted octanol–water partition coefficient (Wildman–Crippen LogP) is 3.80.